The number of sulfonamides is 1. The van der Waals surface area contributed by atoms with E-state index in [1.807, 2.05) is 36.4 Å². The van der Waals surface area contributed by atoms with Crippen molar-refractivity contribution in [2.75, 3.05) is 17.1 Å². The molecular formula is C20H24N2O3S. The van der Waals surface area contributed by atoms with Gasteiger partial charge in [-0.05, 0) is 42.6 Å². The average molecular weight is 372 g/mol. The molecule has 0 spiro atoms. The molecule has 1 amide bonds. The molecule has 2 aliphatic carbocycles. The first kappa shape index (κ1) is 17.3. The number of nitrogens with zero attached hydrogens (tertiary/aromatic N) is 1. The van der Waals surface area contributed by atoms with E-state index >= 15 is 0 Å². The van der Waals surface area contributed by atoms with E-state index in [9.17, 15) is 13.2 Å². The second-order valence-corrected chi connectivity index (χ2v) is 9.52. The third-order valence-electron chi connectivity index (χ3n) is 5.81. The standard InChI is InChI=1S/C20H24N2O3S/c1-26(24,25)22(19-8-4-6-15-5-2-3-7-17(15)19)13-20(23)21-18-12-14-9-10-16(18)11-14/h2-8,14,16,18H,9-13H2,1H3,(H,21,23)/t14-,16+,18+/m1/s1. The van der Waals surface area contributed by atoms with Crippen LogP contribution in [0.5, 0.6) is 0 Å². The lowest BCUT2D eigenvalue weighted by molar-refractivity contribution is -0.120. The van der Waals surface area contributed by atoms with Crippen LogP contribution in [0.3, 0.4) is 0 Å². The van der Waals surface area contributed by atoms with Crippen LogP contribution in [0.2, 0.25) is 0 Å². The summed E-state index contributed by atoms with van der Waals surface area (Å²) in [5, 5.41) is 4.86. The van der Waals surface area contributed by atoms with Gasteiger partial charge in [0, 0.05) is 11.4 Å². The Morgan fingerprint density at radius 1 is 1.12 bits per heavy atom. The highest BCUT2D eigenvalue weighted by Crippen LogP contribution is 2.44. The second kappa shape index (κ2) is 6.58. The molecule has 0 unspecified atom stereocenters. The molecule has 5 nitrogen and oxygen atoms in total. The third kappa shape index (κ3) is 3.30. The molecule has 138 valence electrons. The third-order valence-corrected chi connectivity index (χ3v) is 6.93. The number of fused-ring (bicyclic) bond motifs is 3. The molecule has 2 bridgehead atoms. The number of hydrogen-bond donors (Lipinski definition) is 1. The molecule has 4 rings (SSSR count). The van der Waals surface area contributed by atoms with Crippen molar-refractivity contribution in [3.8, 4) is 0 Å². The summed E-state index contributed by atoms with van der Waals surface area (Å²) in [6.45, 7) is -0.180. The summed E-state index contributed by atoms with van der Waals surface area (Å²) in [4.78, 5) is 12.6. The fraction of sp³-hybridized carbons (Fsp3) is 0.450. The lowest BCUT2D eigenvalue weighted by atomic mass is 9.95. The summed E-state index contributed by atoms with van der Waals surface area (Å²) < 4.78 is 26.1. The van der Waals surface area contributed by atoms with E-state index in [-0.39, 0.29) is 18.5 Å². The fourth-order valence-electron chi connectivity index (χ4n) is 4.61. The first-order valence-electron chi connectivity index (χ1n) is 9.16. The van der Waals surface area contributed by atoms with Crippen LogP contribution in [0.1, 0.15) is 25.7 Å². The van der Waals surface area contributed by atoms with E-state index in [0.29, 0.717) is 11.6 Å². The smallest absolute Gasteiger partial charge is 0.241 e. The molecule has 2 aromatic carbocycles. The molecule has 0 saturated heterocycles. The lowest BCUT2D eigenvalue weighted by Crippen LogP contribution is -2.45. The minimum absolute atomic E-state index is 0.180. The Morgan fingerprint density at radius 3 is 2.58 bits per heavy atom. The predicted molar refractivity (Wildman–Crippen MR) is 104 cm³/mol. The summed E-state index contributed by atoms with van der Waals surface area (Å²) in [6.07, 6.45) is 5.82. The maximum absolute atomic E-state index is 12.6. The number of rotatable bonds is 5. The van der Waals surface area contributed by atoms with Crippen molar-refractivity contribution in [3.05, 3.63) is 42.5 Å². The number of amides is 1. The Balaban J connectivity index is 1.58. The Morgan fingerprint density at radius 2 is 1.88 bits per heavy atom. The van der Waals surface area contributed by atoms with Gasteiger partial charge in [-0.15, -0.1) is 0 Å². The second-order valence-electron chi connectivity index (χ2n) is 7.62. The summed E-state index contributed by atoms with van der Waals surface area (Å²) in [6, 6.07) is 13.3. The normalized spacial score (nSPS) is 24.7. The number of benzene rings is 2. The Kier molecular flexibility index (Phi) is 4.39. The van der Waals surface area contributed by atoms with Crippen LogP contribution in [0.15, 0.2) is 42.5 Å². The highest BCUT2D eigenvalue weighted by atomic mass is 32.2. The Labute approximate surface area is 154 Å². The maximum atomic E-state index is 12.6. The van der Waals surface area contributed by atoms with Crippen LogP contribution in [0.25, 0.3) is 10.8 Å². The average Bonchev–Trinajstić information content (AvgIpc) is 3.21. The van der Waals surface area contributed by atoms with Gasteiger partial charge in [-0.1, -0.05) is 42.8 Å². The molecule has 1 N–H and O–H groups in total. The zero-order valence-corrected chi connectivity index (χ0v) is 15.7. The first-order valence-corrected chi connectivity index (χ1v) is 11.0. The van der Waals surface area contributed by atoms with E-state index in [2.05, 4.69) is 5.32 Å². The van der Waals surface area contributed by atoms with E-state index in [1.54, 1.807) is 6.07 Å². The minimum atomic E-state index is -3.58. The van der Waals surface area contributed by atoms with Gasteiger partial charge >= 0.3 is 0 Å². The van der Waals surface area contributed by atoms with Gasteiger partial charge in [-0.3, -0.25) is 9.10 Å². The zero-order chi connectivity index (χ0) is 18.3. The number of carbonyl (C=O) groups excluding carboxylic acids is 1. The van der Waals surface area contributed by atoms with Crippen molar-refractivity contribution in [1.82, 2.24) is 5.32 Å². The summed E-state index contributed by atoms with van der Waals surface area (Å²) in [5.74, 6) is 1.07. The van der Waals surface area contributed by atoms with Crippen molar-refractivity contribution in [3.63, 3.8) is 0 Å². The molecule has 3 atom stereocenters. The number of hydrogen-bond acceptors (Lipinski definition) is 3. The largest absolute Gasteiger partial charge is 0.352 e. The van der Waals surface area contributed by atoms with Crippen molar-refractivity contribution in [2.45, 2.75) is 31.7 Å². The molecular weight excluding hydrogens is 348 g/mol. The van der Waals surface area contributed by atoms with Gasteiger partial charge in [0.15, 0.2) is 0 Å². The maximum Gasteiger partial charge on any atom is 0.241 e. The quantitative estimate of drug-likeness (QED) is 0.878. The topological polar surface area (TPSA) is 66.5 Å². The fourth-order valence-corrected chi connectivity index (χ4v) is 5.48. The molecule has 2 saturated carbocycles. The van der Waals surface area contributed by atoms with Gasteiger partial charge < -0.3 is 5.32 Å². The van der Waals surface area contributed by atoms with Gasteiger partial charge in [0.05, 0.1) is 11.9 Å². The molecule has 2 aliphatic rings. The molecule has 26 heavy (non-hydrogen) atoms. The highest BCUT2D eigenvalue weighted by Gasteiger charge is 2.40. The lowest BCUT2D eigenvalue weighted by Gasteiger charge is -2.27. The highest BCUT2D eigenvalue weighted by molar-refractivity contribution is 7.92. The van der Waals surface area contributed by atoms with Crippen LogP contribution in [-0.2, 0) is 14.8 Å². The molecule has 0 heterocycles. The van der Waals surface area contributed by atoms with E-state index < -0.39 is 10.0 Å². The van der Waals surface area contributed by atoms with Crippen molar-refractivity contribution in [2.24, 2.45) is 11.8 Å². The van der Waals surface area contributed by atoms with Crippen LogP contribution < -0.4 is 9.62 Å². The van der Waals surface area contributed by atoms with Crippen molar-refractivity contribution >= 4 is 32.4 Å². The van der Waals surface area contributed by atoms with E-state index in [1.165, 1.54) is 23.6 Å². The number of carbonyl (C=O) groups is 1. The van der Waals surface area contributed by atoms with Gasteiger partial charge in [0.2, 0.25) is 15.9 Å². The van der Waals surface area contributed by atoms with Gasteiger partial charge in [-0.2, -0.15) is 0 Å². The molecule has 0 aromatic heterocycles. The minimum Gasteiger partial charge on any atom is -0.352 e. The van der Waals surface area contributed by atoms with Crippen molar-refractivity contribution < 1.29 is 13.2 Å². The van der Waals surface area contributed by atoms with Crippen LogP contribution in [0, 0.1) is 11.8 Å². The van der Waals surface area contributed by atoms with Gasteiger partial charge in [-0.25, -0.2) is 8.42 Å². The molecule has 2 fully saturated rings. The number of anilines is 1. The summed E-state index contributed by atoms with van der Waals surface area (Å²) in [7, 11) is -3.58. The van der Waals surface area contributed by atoms with Gasteiger partial charge in [0.1, 0.15) is 6.54 Å². The van der Waals surface area contributed by atoms with Crippen LogP contribution in [0.4, 0.5) is 5.69 Å². The first-order chi connectivity index (χ1) is 12.4. The monoisotopic (exact) mass is 372 g/mol. The van der Waals surface area contributed by atoms with Gasteiger partial charge in [0.25, 0.3) is 0 Å². The molecule has 2 aromatic rings. The van der Waals surface area contributed by atoms with E-state index in [4.69, 9.17) is 0 Å². The van der Waals surface area contributed by atoms with Crippen LogP contribution >= 0.6 is 0 Å². The molecule has 0 radical (unpaired) electrons. The van der Waals surface area contributed by atoms with Crippen molar-refractivity contribution in [1.29, 1.82) is 0 Å². The van der Waals surface area contributed by atoms with E-state index in [0.717, 1.165) is 29.4 Å². The predicted octanol–water partition coefficient (Wildman–Crippen LogP) is 2.91. The Hall–Kier alpha value is -2.08. The molecule has 0 aliphatic heterocycles. The molecule has 6 heteroatoms. The zero-order valence-electron chi connectivity index (χ0n) is 14.9. The summed E-state index contributed by atoms with van der Waals surface area (Å²) in [5.41, 5.74) is 0.550. The Bertz CT molecular complexity index is 936. The SMILES string of the molecule is CS(=O)(=O)N(CC(=O)N[C@H]1C[C@@H]2CC[C@H]1C2)c1cccc2ccccc12. The van der Waals surface area contributed by atoms with Crippen LogP contribution in [-0.4, -0.2) is 33.2 Å². The summed E-state index contributed by atoms with van der Waals surface area (Å²) >= 11 is 0. The number of nitrogens with one attached hydrogen (secondary N) is 1.